The molecule has 2 amide bonds. The molecule has 1 heterocycles. The number of nitrogens with zero attached hydrogens (tertiary/aromatic N) is 2. The van der Waals surface area contributed by atoms with Crippen molar-refractivity contribution in [2.45, 2.75) is 38.3 Å². The van der Waals surface area contributed by atoms with Gasteiger partial charge in [-0.3, -0.25) is 19.6 Å². The van der Waals surface area contributed by atoms with E-state index in [1.165, 1.54) is 17.1 Å². The van der Waals surface area contributed by atoms with E-state index in [1.807, 2.05) is 24.3 Å². The highest BCUT2D eigenvalue weighted by molar-refractivity contribution is 5.85. The second-order valence-corrected chi connectivity index (χ2v) is 8.15. The van der Waals surface area contributed by atoms with Crippen LogP contribution in [0.4, 0.5) is 10.5 Å². The number of hydrogen-bond acceptors (Lipinski definition) is 5. The summed E-state index contributed by atoms with van der Waals surface area (Å²) in [7, 11) is 0. The van der Waals surface area contributed by atoms with Crippen LogP contribution in [-0.2, 0) is 20.9 Å². The number of carboxylic acid groups (broad SMARTS) is 1. The molecule has 1 aliphatic carbocycles. The molecule has 0 bridgehead atoms. The summed E-state index contributed by atoms with van der Waals surface area (Å²) in [6.45, 7) is 1.90. The minimum absolute atomic E-state index is 0.0399. The van der Waals surface area contributed by atoms with Crippen LogP contribution in [-0.4, -0.2) is 45.5 Å². The van der Waals surface area contributed by atoms with Crippen molar-refractivity contribution in [1.29, 1.82) is 0 Å². The van der Waals surface area contributed by atoms with Crippen LogP contribution >= 0.6 is 0 Å². The molecule has 1 aromatic heterocycles. The Morgan fingerprint density at radius 3 is 2.35 bits per heavy atom. The molecule has 1 atom stereocenters. The molecule has 9 nitrogen and oxygen atoms in total. The Labute approximate surface area is 196 Å². The summed E-state index contributed by atoms with van der Waals surface area (Å²) in [5.74, 6) is -1.37. The molecule has 3 aromatic rings. The largest absolute Gasteiger partial charge is 0.481 e. The highest BCUT2D eigenvalue weighted by Crippen LogP contribution is 2.44. The molecule has 9 heteroatoms. The zero-order valence-electron chi connectivity index (χ0n) is 18.7. The van der Waals surface area contributed by atoms with Gasteiger partial charge in [0, 0.05) is 18.2 Å². The van der Waals surface area contributed by atoms with Crippen molar-refractivity contribution in [3.8, 4) is 11.1 Å². The van der Waals surface area contributed by atoms with Gasteiger partial charge in [-0.15, -0.1) is 0 Å². The highest BCUT2D eigenvalue weighted by Gasteiger charge is 2.29. The number of carbonyl (C=O) groups is 3. The summed E-state index contributed by atoms with van der Waals surface area (Å²) < 4.78 is 6.88. The first-order valence-electron chi connectivity index (χ1n) is 11.1. The van der Waals surface area contributed by atoms with Gasteiger partial charge in [-0.1, -0.05) is 55.5 Å². The molecule has 0 aliphatic heterocycles. The van der Waals surface area contributed by atoms with Gasteiger partial charge in [-0.05, 0) is 28.7 Å². The lowest BCUT2D eigenvalue weighted by Gasteiger charge is -2.14. The molecule has 4 rings (SSSR count). The number of benzene rings is 2. The van der Waals surface area contributed by atoms with Gasteiger partial charge in [0.25, 0.3) is 0 Å². The van der Waals surface area contributed by atoms with E-state index in [9.17, 15) is 14.4 Å². The standard InChI is InChI=1S/C25H26N4O5/c1-2-16(11-24(31)32)27-23(30)14-29-13-17(12-26-29)28-25(33)34-15-22-20-9-5-3-7-18(20)19-8-4-6-10-21(19)22/h3-10,12-13,16,22H,2,11,14-15H2,1H3,(H,27,30)(H,28,33)(H,31,32)/t16-/m1/s1. The Bertz CT molecular complexity index is 1160. The summed E-state index contributed by atoms with van der Waals surface area (Å²) in [6, 6.07) is 15.8. The third kappa shape index (κ3) is 5.25. The zero-order valence-corrected chi connectivity index (χ0v) is 18.7. The number of carboxylic acids is 1. The Morgan fingerprint density at radius 2 is 1.74 bits per heavy atom. The van der Waals surface area contributed by atoms with Gasteiger partial charge in [0.05, 0.1) is 18.3 Å². The number of fused-ring (bicyclic) bond motifs is 3. The smallest absolute Gasteiger partial charge is 0.411 e. The first kappa shape index (κ1) is 23.0. The maximum atomic E-state index is 12.4. The molecule has 0 saturated carbocycles. The number of rotatable bonds is 9. The normalized spacial score (nSPS) is 13.0. The SMILES string of the molecule is CC[C@H](CC(=O)O)NC(=O)Cn1cc(NC(=O)OCC2c3ccccc3-c3ccccc32)cn1. The summed E-state index contributed by atoms with van der Waals surface area (Å²) in [4.78, 5) is 35.4. The number of ether oxygens (including phenoxy) is 1. The first-order chi connectivity index (χ1) is 16.4. The van der Waals surface area contributed by atoms with Gasteiger partial charge in [-0.2, -0.15) is 5.10 Å². The van der Waals surface area contributed by atoms with Crippen molar-refractivity contribution in [2.24, 2.45) is 0 Å². The molecule has 34 heavy (non-hydrogen) atoms. The minimum atomic E-state index is -0.971. The predicted molar refractivity (Wildman–Crippen MR) is 125 cm³/mol. The fourth-order valence-corrected chi connectivity index (χ4v) is 4.20. The van der Waals surface area contributed by atoms with E-state index in [0.717, 1.165) is 22.3 Å². The number of aromatic nitrogens is 2. The second kappa shape index (κ2) is 10.2. The van der Waals surface area contributed by atoms with Crippen molar-refractivity contribution < 1.29 is 24.2 Å². The number of carbonyl (C=O) groups excluding carboxylic acids is 2. The van der Waals surface area contributed by atoms with Gasteiger partial charge in [0.15, 0.2) is 0 Å². The molecule has 0 fully saturated rings. The lowest BCUT2D eigenvalue weighted by atomic mass is 9.98. The van der Waals surface area contributed by atoms with Crippen LogP contribution in [0.3, 0.4) is 0 Å². The third-order valence-corrected chi connectivity index (χ3v) is 5.81. The second-order valence-electron chi connectivity index (χ2n) is 8.15. The lowest BCUT2D eigenvalue weighted by molar-refractivity contribution is -0.137. The number of anilines is 1. The van der Waals surface area contributed by atoms with Gasteiger partial charge >= 0.3 is 12.1 Å². The Morgan fingerprint density at radius 1 is 1.09 bits per heavy atom. The van der Waals surface area contributed by atoms with E-state index in [1.54, 1.807) is 6.92 Å². The maximum absolute atomic E-state index is 12.4. The first-order valence-corrected chi connectivity index (χ1v) is 11.1. The molecule has 3 N–H and O–H groups in total. The van der Waals surface area contributed by atoms with E-state index in [4.69, 9.17) is 9.84 Å². The number of amides is 2. The van der Waals surface area contributed by atoms with E-state index >= 15 is 0 Å². The number of aliphatic carboxylic acids is 1. The van der Waals surface area contributed by atoms with E-state index < -0.39 is 18.1 Å². The predicted octanol–water partition coefficient (Wildman–Crippen LogP) is 3.61. The van der Waals surface area contributed by atoms with Crippen molar-refractivity contribution in [2.75, 3.05) is 11.9 Å². The average Bonchev–Trinajstić information content (AvgIpc) is 3.38. The Balaban J connectivity index is 1.31. The molecule has 0 spiro atoms. The monoisotopic (exact) mass is 462 g/mol. The average molecular weight is 463 g/mol. The molecule has 0 unspecified atom stereocenters. The van der Waals surface area contributed by atoms with Crippen molar-refractivity contribution >= 4 is 23.7 Å². The minimum Gasteiger partial charge on any atom is -0.481 e. The maximum Gasteiger partial charge on any atom is 0.411 e. The molecular formula is C25H26N4O5. The van der Waals surface area contributed by atoms with Gasteiger partial charge in [0.1, 0.15) is 13.2 Å². The summed E-state index contributed by atoms with van der Waals surface area (Å²) >= 11 is 0. The van der Waals surface area contributed by atoms with Crippen molar-refractivity contribution in [3.05, 3.63) is 72.1 Å². The van der Waals surface area contributed by atoms with Crippen LogP contribution in [0, 0.1) is 0 Å². The Kier molecular flexibility index (Phi) is 6.91. The van der Waals surface area contributed by atoms with Gasteiger partial charge in [0.2, 0.25) is 5.91 Å². The number of hydrogen-bond donors (Lipinski definition) is 3. The van der Waals surface area contributed by atoms with Crippen LogP contribution in [0.15, 0.2) is 60.9 Å². The highest BCUT2D eigenvalue weighted by atomic mass is 16.5. The third-order valence-electron chi connectivity index (χ3n) is 5.81. The molecular weight excluding hydrogens is 436 g/mol. The zero-order chi connectivity index (χ0) is 24.1. The summed E-state index contributed by atoms with van der Waals surface area (Å²) in [5.41, 5.74) is 4.95. The molecule has 176 valence electrons. The number of nitrogens with one attached hydrogen (secondary N) is 2. The summed E-state index contributed by atoms with van der Waals surface area (Å²) in [6.07, 6.45) is 2.68. The summed E-state index contributed by atoms with van der Waals surface area (Å²) in [5, 5.41) is 18.3. The quantitative estimate of drug-likeness (QED) is 0.446. The van der Waals surface area contributed by atoms with E-state index in [2.05, 4.69) is 40.0 Å². The van der Waals surface area contributed by atoms with E-state index in [0.29, 0.717) is 12.1 Å². The van der Waals surface area contributed by atoms with Gasteiger partial charge < -0.3 is 15.2 Å². The van der Waals surface area contributed by atoms with Crippen LogP contribution in [0.5, 0.6) is 0 Å². The fourth-order valence-electron chi connectivity index (χ4n) is 4.20. The van der Waals surface area contributed by atoms with Crippen LogP contribution < -0.4 is 10.6 Å². The van der Waals surface area contributed by atoms with Crippen molar-refractivity contribution in [1.82, 2.24) is 15.1 Å². The lowest BCUT2D eigenvalue weighted by Crippen LogP contribution is -2.38. The fraction of sp³-hybridized carbons (Fsp3) is 0.280. The molecule has 1 aliphatic rings. The molecule has 0 radical (unpaired) electrons. The van der Waals surface area contributed by atoms with E-state index in [-0.39, 0.29) is 31.4 Å². The Hall–Kier alpha value is -4.14. The van der Waals surface area contributed by atoms with Crippen LogP contribution in [0.1, 0.15) is 36.8 Å². The molecule has 0 saturated heterocycles. The van der Waals surface area contributed by atoms with Crippen molar-refractivity contribution in [3.63, 3.8) is 0 Å². The topological polar surface area (TPSA) is 123 Å². The van der Waals surface area contributed by atoms with Crippen LogP contribution in [0.25, 0.3) is 11.1 Å². The molecule has 2 aromatic carbocycles. The van der Waals surface area contributed by atoms with Crippen LogP contribution in [0.2, 0.25) is 0 Å². The van der Waals surface area contributed by atoms with Gasteiger partial charge in [-0.25, -0.2) is 4.79 Å².